The van der Waals surface area contributed by atoms with Crippen LogP contribution in [0.3, 0.4) is 0 Å². The highest BCUT2D eigenvalue weighted by molar-refractivity contribution is 14.1. The maximum absolute atomic E-state index is 11.7. The molecule has 2 aromatic rings. The van der Waals surface area contributed by atoms with Crippen molar-refractivity contribution in [2.75, 3.05) is 5.75 Å². The first-order chi connectivity index (χ1) is 9.58. The van der Waals surface area contributed by atoms with Crippen LogP contribution in [-0.4, -0.2) is 21.6 Å². The number of hydrogen-bond donors (Lipinski definition) is 2. The minimum atomic E-state index is -0.0476. The molecular formula is C15H14INO2S. The second-order valence-corrected chi connectivity index (χ2v) is 7.21. The number of carbonyl (C=O) groups excluding carboxylic acids is 1. The molecule has 104 valence electrons. The molecule has 0 spiro atoms. The number of thioether (sulfide) groups is 1. The standard InChI is InChI=1S/C15H14INO2S/c1-8(18)10-3-2-6-20-15-11-7-9(16)4-5-12(11)17-13(15)14(10)19/h4-5,7,17,19H,2-3,6H2,1H3. The van der Waals surface area contributed by atoms with E-state index in [2.05, 4.69) is 33.6 Å². The van der Waals surface area contributed by atoms with Crippen molar-refractivity contribution in [2.45, 2.75) is 24.7 Å². The summed E-state index contributed by atoms with van der Waals surface area (Å²) in [5.41, 5.74) is 2.23. The molecule has 0 aliphatic carbocycles. The van der Waals surface area contributed by atoms with Crippen molar-refractivity contribution in [3.8, 4) is 0 Å². The molecule has 3 rings (SSSR count). The molecule has 5 heteroatoms. The van der Waals surface area contributed by atoms with E-state index in [1.165, 1.54) is 6.92 Å². The first-order valence-corrected chi connectivity index (χ1v) is 8.52. The van der Waals surface area contributed by atoms with Crippen LogP contribution in [0.4, 0.5) is 0 Å². The molecule has 0 saturated carbocycles. The predicted molar refractivity (Wildman–Crippen MR) is 91.2 cm³/mol. The minimum Gasteiger partial charge on any atom is -0.505 e. The SMILES string of the molecule is CC(=O)C1=C(O)c2[nH]c3ccc(I)cc3c2SCCC1. The molecular weight excluding hydrogens is 385 g/mol. The van der Waals surface area contributed by atoms with E-state index >= 15 is 0 Å². The van der Waals surface area contributed by atoms with E-state index in [0.29, 0.717) is 17.7 Å². The van der Waals surface area contributed by atoms with Gasteiger partial charge < -0.3 is 10.1 Å². The summed E-state index contributed by atoms with van der Waals surface area (Å²) in [5, 5.41) is 11.6. The van der Waals surface area contributed by atoms with Gasteiger partial charge in [-0.2, -0.15) is 0 Å². The molecule has 1 aromatic carbocycles. The molecule has 0 amide bonds. The summed E-state index contributed by atoms with van der Waals surface area (Å²) in [4.78, 5) is 16.0. The van der Waals surface area contributed by atoms with Gasteiger partial charge in [-0.05, 0) is 66.3 Å². The molecule has 2 N–H and O–H groups in total. The summed E-state index contributed by atoms with van der Waals surface area (Å²) in [6, 6.07) is 6.16. The number of Topliss-reactive ketones (excluding diaryl/α,β-unsaturated/α-hetero) is 1. The summed E-state index contributed by atoms with van der Waals surface area (Å²) < 4.78 is 1.16. The highest BCUT2D eigenvalue weighted by Crippen LogP contribution is 2.39. The Hall–Kier alpha value is -0.950. The van der Waals surface area contributed by atoms with Gasteiger partial charge in [0.05, 0.1) is 5.69 Å². The Morgan fingerprint density at radius 2 is 2.25 bits per heavy atom. The Kier molecular flexibility index (Phi) is 3.81. The van der Waals surface area contributed by atoms with Gasteiger partial charge in [-0.3, -0.25) is 4.79 Å². The largest absolute Gasteiger partial charge is 0.505 e. The third-order valence-corrected chi connectivity index (χ3v) is 5.35. The number of allylic oxidation sites excluding steroid dienone is 1. The quantitative estimate of drug-likeness (QED) is 0.694. The van der Waals surface area contributed by atoms with E-state index in [1.807, 2.05) is 12.1 Å². The summed E-state index contributed by atoms with van der Waals surface area (Å²) in [6.45, 7) is 1.52. The zero-order valence-electron chi connectivity index (χ0n) is 11.0. The van der Waals surface area contributed by atoms with Crippen molar-refractivity contribution < 1.29 is 9.90 Å². The van der Waals surface area contributed by atoms with E-state index in [1.54, 1.807) is 11.8 Å². The number of halogens is 1. The Balaban J connectivity index is 2.30. The predicted octanol–water partition coefficient (Wildman–Crippen LogP) is 4.52. The molecule has 0 bridgehead atoms. The number of ketones is 1. The summed E-state index contributed by atoms with van der Waals surface area (Å²) in [6.07, 6.45) is 1.54. The molecule has 20 heavy (non-hydrogen) atoms. The number of aliphatic hydroxyl groups excluding tert-OH is 1. The number of rotatable bonds is 1. The van der Waals surface area contributed by atoms with Gasteiger partial charge in [0.1, 0.15) is 5.76 Å². The zero-order chi connectivity index (χ0) is 14.3. The van der Waals surface area contributed by atoms with Crippen LogP contribution in [0.15, 0.2) is 28.7 Å². The molecule has 3 nitrogen and oxygen atoms in total. The van der Waals surface area contributed by atoms with E-state index in [9.17, 15) is 9.90 Å². The van der Waals surface area contributed by atoms with Gasteiger partial charge in [-0.1, -0.05) is 0 Å². The minimum absolute atomic E-state index is 0.0476. The normalized spacial score (nSPS) is 15.9. The lowest BCUT2D eigenvalue weighted by Gasteiger charge is -2.12. The van der Waals surface area contributed by atoms with E-state index in [4.69, 9.17) is 0 Å². The number of aromatic nitrogens is 1. The lowest BCUT2D eigenvalue weighted by Crippen LogP contribution is -2.05. The van der Waals surface area contributed by atoms with Crippen molar-refractivity contribution >= 4 is 56.8 Å². The van der Waals surface area contributed by atoms with Crippen LogP contribution >= 0.6 is 34.4 Å². The molecule has 1 aromatic heterocycles. The van der Waals surface area contributed by atoms with Crippen LogP contribution in [0.25, 0.3) is 16.7 Å². The zero-order valence-corrected chi connectivity index (χ0v) is 14.0. The Morgan fingerprint density at radius 1 is 1.45 bits per heavy atom. The van der Waals surface area contributed by atoms with E-state index < -0.39 is 0 Å². The number of H-pyrrole nitrogens is 1. The number of fused-ring (bicyclic) bond motifs is 3. The topological polar surface area (TPSA) is 53.1 Å². The van der Waals surface area contributed by atoms with Gasteiger partial charge in [0.15, 0.2) is 5.78 Å². The van der Waals surface area contributed by atoms with Crippen LogP contribution in [0.2, 0.25) is 0 Å². The number of carbonyl (C=O) groups is 1. The highest BCUT2D eigenvalue weighted by Gasteiger charge is 2.22. The van der Waals surface area contributed by atoms with Crippen molar-refractivity contribution in [3.63, 3.8) is 0 Å². The maximum Gasteiger partial charge on any atom is 0.159 e. The number of aliphatic hydroxyl groups is 1. The van der Waals surface area contributed by atoms with Crippen molar-refractivity contribution in [2.24, 2.45) is 0 Å². The molecule has 0 fully saturated rings. The lowest BCUT2D eigenvalue weighted by molar-refractivity contribution is -0.113. The summed E-state index contributed by atoms with van der Waals surface area (Å²) in [5.74, 6) is 1.02. The van der Waals surface area contributed by atoms with E-state index in [-0.39, 0.29) is 11.5 Å². The van der Waals surface area contributed by atoms with Gasteiger partial charge in [0.2, 0.25) is 0 Å². The third-order valence-electron chi connectivity index (χ3n) is 3.48. The van der Waals surface area contributed by atoms with Gasteiger partial charge >= 0.3 is 0 Å². The fraction of sp³-hybridized carbons (Fsp3) is 0.267. The first kappa shape index (κ1) is 14.0. The van der Waals surface area contributed by atoms with Crippen molar-refractivity contribution in [3.05, 3.63) is 33.0 Å². The third kappa shape index (κ3) is 2.37. The molecule has 2 heterocycles. The second kappa shape index (κ2) is 5.44. The fourth-order valence-corrected chi connectivity index (χ4v) is 4.09. The van der Waals surface area contributed by atoms with Gasteiger partial charge in [-0.15, -0.1) is 11.8 Å². The van der Waals surface area contributed by atoms with Crippen molar-refractivity contribution in [1.29, 1.82) is 0 Å². The average Bonchev–Trinajstić information content (AvgIpc) is 2.73. The number of nitrogens with one attached hydrogen (secondary N) is 1. The van der Waals surface area contributed by atoms with Crippen LogP contribution in [0.5, 0.6) is 0 Å². The maximum atomic E-state index is 11.7. The van der Waals surface area contributed by atoms with Crippen LogP contribution < -0.4 is 0 Å². The second-order valence-electron chi connectivity index (χ2n) is 4.85. The molecule has 1 aliphatic rings. The Bertz CT molecular complexity index is 733. The lowest BCUT2D eigenvalue weighted by atomic mass is 10.0. The summed E-state index contributed by atoms with van der Waals surface area (Å²) in [7, 11) is 0. The van der Waals surface area contributed by atoms with Crippen LogP contribution in [0.1, 0.15) is 25.5 Å². The molecule has 0 saturated heterocycles. The summed E-state index contributed by atoms with van der Waals surface area (Å²) >= 11 is 4.03. The van der Waals surface area contributed by atoms with Crippen LogP contribution in [-0.2, 0) is 4.79 Å². The monoisotopic (exact) mass is 399 g/mol. The Labute approximate surface area is 135 Å². The number of hydrogen-bond acceptors (Lipinski definition) is 3. The van der Waals surface area contributed by atoms with Crippen molar-refractivity contribution in [1.82, 2.24) is 4.98 Å². The smallest absolute Gasteiger partial charge is 0.159 e. The fourth-order valence-electron chi connectivity index (χ4n) is 2.49. The van der Waals surface area contributed by atoms with Gasteiger partial charge in [0, 0.05) is 24.9 Å². The van der Waals surface area contributed by atoms with Crippen LogP contribution in [0, 0.1) is 3.57 Å². The number of aromatic amines is 1. The molecule has 0 unspecified atom stereocenters. The van der Waals surface area contributed by atoms with E-state index in [0.717, 1.165) is 31.5 Å². The molecule has 1 aliphatic heterocycles. The number of benzene rings is 1. The molecule has 0 atom stereocenters. The highest BCUT2D eigenvalue weighted by atomic mass is 127. The Morgan fingerprint density at radius 3 is 3.00 bits per heavy atom. The van der Waals surface area contributed by atoms with Gasteiger partial charge in [-0.25, -0.2) is 0 Å². The first-order valence-electron chi connectivity index (χ1n) is 6.45. The van der Waals surface area contributed by atoms with Gasteiger partial charge in [0.25, 0.3) is 0 Å². The molecule has 0 radical (unpaired) electrons. The average molecular weight is 399 g/mol.